The third kappa shape index (κ3) is 3.89. The first kappa shape index (κ1) is 21.4. The Bertz CT molecular complexity index is 1410. The third-order valence-electron chi connectivity index (χ3n) is 5.57. The fourth-order valence-corrected chi connectivity index (χ4v) is 3.65. The third-order valence-corrected chi connectivity index (χ3v) is 5.57. The first-order valence-corrected chi connectivity index (χ1v) is 10.4. The lowest BCUT2D eigenvalue weighted by atomic mass is 9.89. The molecule has 2 aliphatic rings. The molecule has 2 aromatic carbocycles. The van der Waals surface area contributed by atoms with Crippen LogP contribution in [0.5, 0.6) is 0 Å². The van der Waals surface area contributed by atoms with Crippen molar-refractivity contribution in [2.24, 2.45) is 5.41 Å². The van der Waals surface area contributed by atoms with Gasteiger partial charge in [-0.15, -0.1) is 0 Å². The molecule has 1 aliphatic carbocycles. The quantitative estimate of drug-likeness (QED) is 0.361. The molecule has 0 saturated carbocycles. The molecule has 32 heavy (non-hydrogen) atoms. The van der Waals surface area contributed by atoms with Crippen LogP contribution in [0.3, 0.4) is 0 Å². The number of aromatic carboxylic acids is 1. The second-order valence-electron chi connectivity index (χ2n) is 9.05. The number of nitrogens with one attached hydrogen (secondary N) is 1. The molecule has 0 unspecified atom stereocenters. The minimum absolute atomic E-state index is 0.150. The molecule has 1 aliphatic heterocycles. The minimum Gasteiger partial charge on any atom is -0.478 e. The second-order valence-corrected chi connectivity index (χ2v) is 9.05. The maximum Gasteiger partial charge on any atom is 0.336 e. The van der Waals surface area contributed by atoms with Gasteiger partial charge in [-0.1, -0.05) is 45.5 Å². The van der Waals surface area contributed by atoms with Crippen molar-refractivity contribution in [3.63, 3.8) is 0 Å². The number of carbonyl (C=O) groups is 1. The topological polar surface area (TPSA) is 79.5 Å². The average Bonchev–Trinajstić information content (AvgIpc) is 2.71. The summed E-state index contributed by atoms with van der Waals surface area (Å²) < 4.78 is 6.01. The van der Waals surface area contributed by atoms with Gasteiger partial charge in [0.25, 0.3) is 0 Å². The number of carboxylic acid groups (broad SMARTS) is 1. The van der Waals surface area contributed by atoms with Gasteiger partial charge in [-0.3, -0.25) is 4.79 Å². The predicted molar refractivity (Wildman–Crippen MR) is 128 cm³/mol. The van der Waals surface area contributed by atoms with Crippen molar-refractivity contribution in [2.45, 2.75) is 27.7 Å². The number of rotatable bonds is 4. The zero-order chi connectivity index (χ0) is 23.2. The van der Waals surface area contributed by atoms with E-state index in [2.05, 4.69) is 11.9 Å². The SMILES string of the molecule is C=C(Nc1ccc(-c2c3ccc(=O)cc-3oc3cc(C)ccc23)c(C(=O)O)c1)C(C)(C)C. The van der Waals surface area contributed by atoms with Crippen molar-refractivity contribution in [1.82, 2.24) is 0 Å². The molecule has 0 bridgehead atoms. The molecular formula is C27H25NO4. The first-order valence-electron chi connectivity index (χ1n) is 10.4. The number of hydrogen-bond acceptors (Lipinski definition) is 4. The fraction of sp³-hybridized carbons (Fsp3) is 0.185. The highest BCUT2D eigenvalue weighted by Crippen LogP contribution is 2.42. The van der Waals surface area contributed by atoms with E-state index in [1.807, 2.05) is 52.0 Å². The smallest absolute Gasteiger partial charge is 0.336 e. The number of hydrogen-bond donors (Lipinski definition) is 2. The van der Waals surface area contributed by atoms with Gasteiger partial charge in [0.15, 0.2) is 5.43 Å². The lowest BCUT2D eigenvalue weighted by Crippen LogP contribution is -2.16. The van der Waals surface area contributed by atoms with Crippen LogP contribution in [0.1, 0.15) is 36.7 Å². The predicted octanol–water partition coefficient (Wildman–Crippen LogP) is 6.54. The molecule has 0 aromatic heterocycles. The van der Waals surface area contributed by atoms with Crippen molar-refractivity contribution in [3.05, 3.63) is 88.2 Å². The summed E-state index contributed by atoms with van der Waals surface area (Å²) in [6, 6.07) is 15.6. The van der Waals surface area contributed by atoms with Crippen LogP contribution in [0.2, 0.25) is 0 Å². The molecular weight excluding hydrogens is 402 g/mol. The second kappa shape index (κ2) is 7.68. The molecule has 0 atom stereocenters. The Morgan fingerprint density at radius 2 is 1.72 bits per heavy atom. The number of fused-ring (bicyclic) bond motifs is 2. The lowest BCUT2D eigenvalue weighted by molar-refractivity contribution is 0.0698. The number of allylic oxidation sites excluding steroid dienone is 1. The zero-order valence-electron chi connectivity index (χ0n) is 18.6. The summed E-state index contributed by atoms with van der Waals surface area (Å²) in [4.78, 5) is 24.3. The van der Waals surface area contributed by atoms with E-state index >= 15 is 0 Å². The summed E-state index contributed by atoms with van der Waals surface area (Å²) in [5.74, 6) is -0.620. The van der Waals surface area contributed by atoms with Crippen LogP contribution in [0.4, 0.5) is 5.69 Å². The zero-order valence-corrected chi connectivity index (χ0v) is 18.6. The number of benzene rings is 3. The van der Waals surface area contributed by atoms with Crippen LogP contribution >= 0.6 is 0 Å². The molecule has 0 fully saturated rings. The van der Waals surface area contributed by atoms with Gasteiger partial charge in [-0.05, 0) is 48.4 Å². The van der Waals surface area contributed by atoms with E-state index in [0.717, 1.165) is 22.2 Å². The lowest BCUT2D eigenvalue weighted by Gasteiger charge is -2.24. The van der Waals surface area contributed by atoms with Crippen LogP contribution in [0.15, 0.2) is 76.1 Å². The Kier molecular flexibility index (Phi) is 5.13. The number of anilines is 1. The summed E-state index contributed by atoms with van der Waals surface area (Å²) in [6.45, 7) is 12.1. The van der Waals surface area contributed by atoms with Crippen molar-refractivity contribution in [1.29, 1.82) is 0 Å². The van der Waals surface area contributed by atoms with E-state index in [-0.39, 0.29) is 16.4 Å². The summed E-state index contributed by atoms with van der Waals surface area (Å²) in [6.07, 6.45) is 0. The molecule has 2 N–H and O–H groups in total. The van der Waals surface area contributed by atoms with Crippen molar-refractivity contribution < 1.29 is 14.3 Å². The fourth-order valence-electron chi connectivity index (χ4n) is 3.65. The van der Waals surface area contributed by atoms with E-state index in [9.17, 15) is 14.7 Å². The van der Waals surface area contributed by atoms with Gasteiger partial charge in [0.05, 0.1) is 5.56 Å². The highest BCUT2D eigenvalue weighted by molar-refractivity contribution is 6.08. The number of carboxylic acids is 1. The monoisotopic (exact) mass is 427 g/mol. The highest BCUT2D eigenvalue weighted by Gasteiger charge is 2.23. The van der Waals surface area contributed by atoms with Crippen molar-refractivity contribution >= 4 is 22.6 Å². The summed E-state index contributed by atoms with van der Waals surface area (Å²) >= 11 is 0. The van der Waals surface area contributed by atoms with E-state index in [0.29, 0.717) is 28.2 Å². The minimum atomic E-state index is -1.04. The van der Waals surface area contributed by atoms with Gasteiger partial charge in [-0.25, -0.2) is 4.79 Å². The molecule has 2 aromatic rings. The normalized spacial score (nSPS) is 11.6. The van der Waals surface area contributed by atoms with Crippen molar-refractivity contribution in [3.8, 4) is 22.5 Å². The van der Waals surface area contributed by atoms with Crippen LogP contribution in [0.25, 0.3) is 33.4 Å². The van der Waals surface area contributed by atoms with Gasteiger partial charge >= 0.3 is 5.97 Å². The van der Waals surface area contributed by atoms with Gasteiger partial charge < -0.3 is 14.8 Å². The Hall–Kier alpha value is -3.86. The molecule has 162 valence electrons. The molecule has 1 heterocycles. The summed E-state index contributed by atoms with van der Waals surface area (Å²) in [5.41, 5.74) is 4.80. The molecule has 5 nitrogen and oxygen atoms in total. The molecule has 0 spiro atoms. The van der Waals surface area contributed by atoms with E-state index in [1.165, 1.54) is 12.1 Å². The molecule has 0 saturated heterocycles. The molecule has 0 radical (unpaired) electrons. The van der Waals surface area contributed by atoms with E-state index in [1.54, 1.807) is 18.2 Å². The molecule has 5 heteroatoms. The van der Waals surface area contributed by atoms with Gasteiger partial charge in [0.2, 0.25) is 0 Å². The Balaban J connectivity index is 2.00. The van der Waals surface area contributed by atoms with Gasteiger partial charge in [0, 0.05) is 39.4 Å². The van der Waals surface area contributed by atoms with Crippen LogP contribution in [-0.4, -0.2) is 11.1 Å². The Morgan fingerprint density at radius 1 is 1.00 bits per heavy atom. The van der Waals surface area contributed by atoms with E-state index < -0.39 is 5.97 Å². The summed E-state index contributed by atoms with van der Waals surface area (Å²) in [5, 5.41) is 14.1. The Labute approximate surface area is 186 Å². The van der Waals surface area contributed by atoms with Crippen molar-refractivity contribution in [2.75, 3.05) is 5.32 Å². The highest BCUT2D eigenvalue weighted by atomic mass is 16.4. The average molecular weight is 428 g/mol. The maximum atomic E-state index is 12.3. The van der Waals surface area contributed by atoms with Crippen LogP contribution < -0.4 is 10.7 Å². The summed E-state index contributed by atoms with van der Waals surface area (Å²) in [7, 11) is 0. The number of aryl methyl sites for hydroxylation is 1. The van der Waals surface area contributed by atoms with Crippen LogP contribution in [0, 0.1) is 12.3 Å². The first-order chi connectivity index (χ1) is 15.0. The standard InChI is InChI=1S/C27H25NO4/c1-15-6-9-20-23(12-15)32-24-14-18(29)8-11-21(24)25(20)19-10-7-17(13-22(19)26(30)31)28-16(2)27(3,4)5/h6-14,28H,2H2,1,3-5H3,(H,30,31). The molecule has 0 amide bonds. The van der Waals surface area contributed by atoms with Gasteiger partial charge in [-0.2, -0.15) is 0 Å². The van der Waals surface area contributed by atoms with Crippen LogP contribution in [-0.2, 0) is 0 Å². The van der Waals surface area contributed by atoms with E-state index in [4.69, 9.17) is 4.42 Å². The maximum absolute atomic E-state index is 12.3. The molecule has 4 rings (SSSR count). The largest absolute Gasteiger partial charge is 0.478 e. The Morgan fingerprint density at radius 3 is 2.41 bits per heavy atom. The van der Waals surface area contributed by atoms with Gasteiger partial charge in [0.1, 0.15) is 11.3 Å².